The van der Waals surface area contributed by atoms with Crippen molar-refractivity contribution in [3.63, 3.8) is 0 Å². The van der Waals surface area contributed by atoms with Gasteiger partial charge in [-0.1, -0.05) is 6.92 Å². The molecule has 0 aliphatic carbocycles. The molecule has 4 nitrogen and oxygen atoms in total. The van der Waals surface area contributed by atoms with Crippen LogP contribution >= 0.6 is 0 Å². The van der Waals surface area contributed by atoms with Gasteiger partial charge in [-0.25, -0.2) is 0 Å². The molecule has 1 aliphatic heterocycles. The highest BCUT2D eigenvalue weighted by molar-refractivity contribution is 5.11. The van der Waals surface area contributed by atoms with Crippen LogP contribution in [-0.2, 0) is 24.6 Å². The van der Waals surface area contributed by atoms with Crippen molar-refractivity contribution in [1.29, 1.82) is 0 Å². The molecule has 0 amide bonds. The van der Waals surface area contributed by atoms with E-state index in [-0.39, 0.29) is 6.04 Å². The molecule has 2 heterocycles. The maximum absolute atomic E-state index is 6.28. The number of hydrogen-bond donors (Lipinski definition) is 1. The Kier molecular flexibility index (Phi) is 4.18. The average Bonchev–Trinajstić information content (AvgIpc) is 2.71. The lowest BCUT2D eigenvalue weighted by Crippen LogP contribution is -2.37. The molecule has 0 saturated carbocycles. The third kappa shape index (κ3) is 3.07. The summed E-state index contributed by atoms with van der Waals surface area (Å²) in [5, 5.41) is 4.46. The van der Waals surface area contributed by atoms with Gasteiger partial charge in [-0.15, -0.1) is 0 Å². The molecule has 17 heavy (non-hydrogen) atoms. The van der Waals surface area contributed by atoms with E-state index in [0.29, 0.717) is 5.92 Å². The lowest BCUT2D eigenvalue weighted by atomic mass is 9.91. The zero-order valence-corrected chi connectivity index (χ0v) is 10.9. The first-order valence-electron chi connectivity index (χ1n) is 6.55. The monoisotopic (exact) mass is 237 g/mol. The van der Waals surface area contributed by atoms with Crippen LogP contribution in [0.5, 0.6) is 0 Å². The van der Waals surface area contributed by atoms with Crippen LogP contribution in [0.4, 0.5) is 0 Å². The molecular weight excluding hydrogens is 214 g/mol. The fourth-order valence-corrected chi connectivity index (χ4v) is 2.45. The maximum Gasteiger partial charge on any atom is 0.0624 e. The predicted octanol–water partition coefficient (Wildman–Crippen LogP) is 1.28. The highest BCUT2D eigenvalue weighted by atomic mass is 16.5. The minimum Gasteiger partial charge on any atom is -0.381 e. The van der Waals surface area contributed by atoms with E-state index in [1.807, 2.05) is 11.7 Å². The second-order valence-corrected chi connectivity index (χ2v) is 4.95. The topological polar surface area (TPSA) is 53.1 Å². The fraction of sp³-hybridized carbons (Fsp3) is 0.769. The van der Waals surface area contributed by atoms with Gasteiger partial charge < -0.3 is 10.5 Å². The lowest BCUT2D eigenvalue weighted by molar-refractivity contribution is 0.0448. The summed E-state index contributed by atoms with van der Waals surface area (Å²) >= 11 is 0. The van der Waals surface area contributed by atoms with Crippen molar-refractivity contribution in [1.82, 2.24) is 9.78 Å². The van der Waals surface area contributed by atoms with Crippen LogP contribution in [0.3, 0.4) is 0 Å². The van der Waals surface area contributed by atoms with Crippen molar-refractivity contribution in [2.24, 2.45) is 18.7 Å². The van der Waals surface area contributed by atoms with E-state index < -0.39 is 0 Å². The first-order valence-corrected chi connectivity index (χ1v) is 6.55. The summed E-state index contributed by atoms with van der Waals surface area (Å²) in [7, 11) is 2.00. The second kappa shape index (κ2) is 5.65. The molecule has 2 atom stereocenters. The Morgan fingerprint density at radius 3 is 3.06 bits per heavy atom. The molecule has 96 valence electrons. The Morgan fingerprint density at radius 2 is 2.47 bits per heavy atom. The normalized spacial score (nSPS) is 22.6. The largest absolute Gasteiger partial charge is 0.381 e. The fourth-order valence-electron chi connectivity index (χ4n) is 2.45. The van der Waals surface area contributed by atoms with Gasteiger partial charge in [-0.05, 0) is 31.2 Å². The molecule has 1 fully saturated rings. The molecule has 2 unspecified atom stereocenters. The van der Waals surface area contributed by atoms with Crippen molar-refractivity contribution in [3.8, 4) is 0 Å². The van der Waals surface area contributed by atoms with Crippen molar-refractivity contribution >= 4 is 0 Å². The smallest absolute Gasteiger partial charge is 0.0624 e. The summed E-state index contributed by atoms with van der Waals surface area (Å²) in [6.07, 6.45) is 4.22. The summed E-state index contributed by atoms with van der Waals surface area (Å²) in [6.45, 7) is 3.84. The van der Waals surface area contributed by atoms with Crippen molar-refractivity contribution in [2.75, 3.05) is 13.2 Å². The Hall–Kier alpha value is -0.870. The molecule has 2 rings (SSSR count). The summed E-state index contributed by atoms with van der Waals surface area (Å²) < 4.78 is 7.46. The summed E-state index contributed by atoms with van der Waals surface area (Å²) in [5.74, 6) is 0.503. The number of nitrogens with two attached hydrogens (primary N) is 1. The average molecular weight is 237 g/mol. The zero-order valence-electron chi connectivity index (χ0n) is 10.9. The SMILES string of the molecule is CCc1cc(CC(N)C2CCCOC2)n(C)n1. The van der Waals surface area contributed by atoms with E-state index in [4.69, 9.17) is 10.5 Å². The van der Waals surface area contributed by atoms with Crippen LogP contribution in [0.1, 0.15) is 31.2 Å². The van der Waals surface area contributed by atoms with E-state index in [1.54, 1.807) is 0 Å². The molecule has 0 spiro atoms. The zero-order chi connectivity index (χ0) is 12.3. The molecule has 4 heteroatoms. The quantitative estimate of drug-likeness (QED) is 0.858. The maximum atomic E-state index is 6.28. The molecule has 1 aliphatic rings. The van der Waals surface area contributed by atoms with Gasteiger partial charge in [0, 0.05) is 31.8 Å². The van der Waals surface area contributed by atoms with Crippen molar-refractivity contribution in [2.45, 2.75) is 38.6 Å². The predicted molar refractivity (Wildman–Crippen MR) is 67.8 cm³/mol. The lowest BCUT2D eigenvalue weighted by Gasteiger charge is -2.27. The summed E-state index contributed by atoms with van der Waals surface area (Å²) in [4.78, 5) is 0. The molecule has 0 bridgehead atoms. The number of hydrogen-bond acceptors (Lipinski definition) is 3. The minimum absolute atomic E-state index is 0.190. The molecular formula is C13H23N3O. The van der Waals surface area contributed by atoms with Crippen LogP contribution in [0, 0.1) is 5.92 Å². The van der Waals surface area contributed by atoms with Gasteiger partial charge in [0.05, 0.1) is 12.3 Å². The minimum atomic E-state index is 0.190. The first kappa shape index (κ1) is 12.6. The molecule has 0 aromatic carbocycles. The van der Waals surface area contributed by atoms with Gasteiger partial charge in [0.2, 0.25) is 0 Å². The summed E-state index contributed by atoms with van der Waals surface area (Å²) in [5.41, 5.74) is 8.66. The number of aromatic nitrogens is 2. The van der Waals surface area contributed by atoms with Gasteiger partial charge in [0.25, 0.3) is 0 Å². The molecule has 1 aromatic rings. The van der Waals surface area contributed by atoms with E-state index >= 15 is 0 Å². The Morgan fingerprint density at radius 1 is 1.65 bits per heavy atom. The van der Waals surface area contributed by atoms with Crippen LogP contribution in [0.25, 0.3) is 0 Å². The van der Waals surface area contributed by atoms with Gasteiger partial charge in [-0.3, -0.25) is 4.68 Å². The van der Waals surface area contributed by atoms with E-state index in [0.717, 1.165) is 38.2 Å². The third-order valence-corrected chi connectivity index (χ3v) is 3.64. The number of rotatable bonds is 4. The highest BCUT2D eigenvalue weighted by Gasteiger charge is 2.22. The van der Waals surface area contributed by atoms with E-state index in [9.17, 15) is 0 Å². The second-order valence-electron chi connectivity index (χ2n) is 4.95. The van der Waals surface area contributed by atoms with Crippen molar-refractivity contribution in [3.05, 3.63) is 17.5 Å². The highest BCUT2D eigenvalue weighted by Crippen LogP contribution is 2.19. The first-order chi connectivity index (χ1) is 8.20. The van der Waals surface area contributed by atoms with Crippen LogP contribution in [-0.4, -0.2) is 29.0 Å². The Labute approximate surface area is 103 Å². The standard InChI is InChI=1S/C13H23N3O/c1-3-11-7-12(16(2)15-11)8-13(14)10-5-4-6-17-9-10/h7,10,13H,3-6,8-9,14H2,1-2H3. The number of nitrogens with zero attached hydrogens (tertiary/aromatic N) is 2. The molecule has 1 saturated heterocycles. The van der Waals surface area contributed by atoms with Gasteiger partial charge >= 0.3 is 0 Å². The van der Waals surface area contributed by atoms with Gasteiger partial charge in [-0.2, -0.15) is 5.10 Å². The van der Waals surface area contributed by atoms with Crippen LogP contribution < -0.4 is 5.73 Å². The van der Waals surface area contributed by atoms with E-state index in [2.05, 4.69) is 18.1 Å². The number of aryl methyl sites for hydroxylation is 2. The summed E-state index contributed by atoms with van der Waals surface area (Å²) in [6, 6.07) is 2.36. The van der Waals surface area contributed by atoms with E-state index in [1.165, 1.54) is 12.1 Å². The van der Waals surface area contributed by atoms with Gasteiger partial charge in [0.1, 0.15) is 0 Å². The van der Waals surface area contributed by atoms with Gasteiger partial charge in [0.15, 0.2) is 0 Å². The number of ether oxygens (including phenoxy) is 1. The van der Waals surface area contributed by atoms with Crippen molar-refractivity contribution < 1.29 is 4.74 Å². The molecule has 2 N–H and O–H groups in total. The van der Waals surface area contributed by atoms with Crippen LogP contribution in [0.15, 0.2) is 6.07 Å². The van der Waals surface area contributed by atoms with Crippen LogP contribution in [0.2, 0.25) is 0 Å². The molecule has 1 aromatic heterocycles. The third-order valence-electron chi connectivity index (χ3n) is 3.64. The Balaban J connectivity index is 1.96. The molecule has 0 radical (unpaired) electrons. The Bertz CT molecular complexity index is 356.